The summed E-state index contributed by atoms with van der Waals surface area (Å²) in [5.74, 6) is 1.12. The molecule has 4 rings (SSSR count). The Morgan fingerprint density at radius 1 is 0.885 bits per heavy atom. The first kappa shape index (κ1) is 18.8. The molecule has 138 valence electrons. The summed E-state index contributed by atoms with van der Waals surface area (Å²) >= 11 is 0. The van der Waals surface area contributed by atoms with Gasteiger partial charge in [0.15, 0.2) is 0 Å². The standard InChI is InChI=1S/C22H27N3.ClH/c1-17-10-4-5-11-18(17)16-23-21-22(14-8-2-3-9-15-22)25-20-13-7-6-12-19(20)24-21;/h4-7,10-13,25H,2-3,8-9,14-16H2,1H3,(H,23,24);1H. The van der Waals surface area contributed by atoms with Crippen LogP contribution in [-0.4, -0.2) is 11.4 Å². The lowest BCUT2D eigenvalue weighted by atomic mass is 9.86. The molecular formula is C22H28ClN3. The van der Waals surface area contributed by atoms with Gasteiger partial charge in [-0.25, -0.2) is 0 Å². The van der Waals surface area contributed by atoms with Crippen LogP contribution in [0.25, 0.3) is 0 Å². The van der Waals surface area contributed by atoms with Crippen LogP contribution in [-0.2, 0) is 6.54 Å². The molecule has 2 aromatic carbocycles. The summed E-state index contributed by atoms with van der Waals surface area (Å²) in [4.78, 5) is 5.07. The number of anilines is 2. The molecule has 1 heterocycles. The van der Waals surface area contributed by atoms with Crippen LogP contribution in [0.3, 0.4) is 0 Å². The second kappa shape index (κ2) is 8.13. The maximum absolute atomic E-state index is 5.07. The van der Waals surface area contributed by atoms with E-state index in [-0.39, 0.29) is 17.9 Å². The van der Waals surface area contributed by atoms with Crippen LogP contribution < -0.4 is 10.6 Å². The summed E-state index contributed by atoms with van der Waals surface area (Å²) < 4.78 is 0. The first-order valence-electron chi connectivity index (χ1n) is 9.51. The molecular weight excluding hydrogens is 342 g/mol. The Morgan fingerprint density at radius 2 is 1.54 bits per heavy atom. The van der Waals surface area contributed by atoms with Gasteiger partial charge in [0.05, 0.1) is 23.5 Å². The van der Waals surface area contributed by atoms with Gasteiger partial charge in [-0.1, -0.05) is 62.1 Å². The van der Waals surface area contributed by atoms with E-state index in [1.807, 2.05) is 0 Å². The molecule has 0 saturated heterocycles. The van der Waals surface area contributed by atoms with Crippen LogP contribution in [0, 0.1) is 6.92 Å². The molecule has 0 bridgehead atoms. The first-order valence-corrected chi connectivity index (χ1v) is 9.51. The van der Waals surface area contributed by atoms with E-state index in [1.165, 1.54) is 42.5 Å². The number of nitrogens with zero attached hydrogens (tertiary/aromatic N) is 1. The monoisotopic (exact) mass is 369 g/mol. The largest absolute Gasteiger partial charge is 0.371 e. The molecule has 0 aromatic heterocycles. The fourth-order valence-electron chi connectivity index (χ4n) is 4.10. The van der Waals surface area contributed by atoms with Crippen molar-refractivity contribution in [2.24, 2.45) is 4.99 Å². The molecule has 0 amide bonds. The van der Waals surface area contributed by atoms with Crippen LogP contribution in [0.15, 0.2) is 53.5 Å². The Morgan fingerprint density at radius 3 is 2.27 bits per heavy atom. The minimum Gasteiger partial charge on any atom is -0.371 e. The number of halogens is 1. The first-order chi connectivity index (χ1) is 12.3. The maximum atomic E-state index is 5.07. The van der Waals surface area contributed by atoms with E-state index < -0.39 is 0 Å². The van der Waals surface area contributed by atoms with E-state index in [9.17, 15) is 0 Å². The van der Waals surface area contributed by atoms with Gasteiger partial charge in [-0.3, -0.25) is 4.99 Å². The van der Waals surface area contributed by atoms with Crippen molar-refractivity contribution >= 4 is 29.6 Å². The number of aliphatic imine (C=N–C) groups is 1. The number of rotatable bonds is 2. The molecule has 1 saturated carbocycles. The highest BCUT2D eigenvalue weighted by atomic mass is 35.5. The van der Waals surface area contributed by atoms with Gasteiger partial charge in [-0.2, -0.15) is 0 Å². The van der Waals surface area contributed by atoms with Crippen LogP contribution >= 0.6 is 12.4 Å². The Bertz CT molecular complexity index is 776. The molecule has 2 N–H and O–H groups in total. The summed E-state index contributed by atoms with van der Waals surface area (Å²) in [6, 6.07) is 17.0. The molecule has 2 aromatic rings. The molecule has 2 aliphatic rings. The number of aryl methyl sites for hydroxylation is 1. The van der Waals surface area contributed by atoms with Crippen molar-refractivity contribution < 1.29 is 0 Å². The topological polar surface area (TPSA) is 36.4 Å². The third-order valence-corrected chi connectivity index (χ3v) is 5.63. The van der Waals surface area contributed by atoms with Crippen molar-refractivity contribution in [3.63, 3.8) is 0 Å². The van der Waals surface area contributed by atoms with E-state index in [0.29, 0.717) is 0 Å². The van der Waals surface area contributed by atoms with Crippen LogP contribution in [0.4, 0.5) is 11.4 Å². The van der Waals surface area contributed by atoms with Crippen molar-refractivity contribution in [2.45, 2.75) is 57.5 Å². The fraction of sp³-hybridized carbons (Fsp3) is 0.409. The van der Waals surface area contributed by atoms with Crippen molar-refractivity contribution in [1.29, 1.82) is 0 Å². The smallest absolute Gasteiger partial charge is 0.127 e. The Labute approximate surface area is 162 Å². The summed E-state index contributed by atoms with van der Waals surface area (Å²) in [5.41, 5.74) is 4.93. The van der Waals surface area contributed by atoms with Crippen molar-refractivity contribution in [2.75, 3.05) is 10.6 Å². The second-order valence-corrected chi connectivity index (χ2v) is 7.38. The van der Waals surface area contributed by atoms with Crippen molar-refractivity contribution in [1.82, 2.24) is 0 Å². The quantitative estimate of drug-likeness (QED) is 0.686. The molecule has 1 aliphatic heterocycles. The predicted octanol–water partition coefficient (Wildman–Crippen LogP) is 5.95. The normalized spacial score (nSPS) is 19.7. The van der Waals surface area contributed by atoms with Gasteiger partial charge in [0.25, 0.3) is 0 Å². The second-order valence-electron chi connectivity index (χ2n) is 7.38. The fourth-order valence-corrected chi connectivity index (χ4v) is 4.10. The number of para-hydroxylation sites is 2. The minimum absolute atomic E-state index is 0. The average Bonchev–Trinajstić information content (AvgIpc) is 2.87. The van der Waals surface area contributed by atoms with Gasteiger partial charge < -0.3 is 10.6 Å². The SMILES string of the molecule is Cc1ccccc1CN=C1Nc2ccccc2NC12CCCCCC2.Cl. The number of benzene rings is 2. The van der Waals surface area contributed by atoms with E-state index >= 15 is 0 Å². The van der Waals surface area contributed by atoms with E-state index in [0.717, 1.165) is 30.9 Å². The molecule has 0 radical (unpaired) electrons. The lowest BCUT2D eigenvalue weighted by molar-refractivity contribution is 0.524. The van der Waals surface area contributed by atoms with Crippen molar-refractivity contribution in [3.8, 4) is 0 Å². The highest BCUT2D eigenvalue weighted by molar-refractivity contribution is 6.09. The van der Waals surface area contributed by atoms with Crippen LogP contribution in [0.5, 0.6) is 0 Å². The molecule has 0 atom stereocenters. The maximum Gasteiger partial charge on any atom is 0.127 e. The van der Waals surface area contributed by atoms with Crippen LogP contribution in [0.2, 0.25) is 0 Å². The van der Waals surface area contributed by atoms with Crippen LogP contribution in [0.1, 0.15) is 49.7 Å². The molecule has 0 unspecified atom stereocenters. The minimum atomic E-state index is -0.0342. The number of nitrogens with one attached hydrogen (secondary N) is 2. The molecule has 1 spiro atoms. The summed E-state index contributed by atoms with van der Waals surface area (Å²) in [5, 5.41) is 7.52. The zero-order chi connectivity index (χ0) is 17.1. The summed E-state index contributed by atoms with van der Waals surface area (Å²) in [6.07, 6.45) is 7.49. The third-order valence-electron chi connectivity index (χ3n) is 5.63. The van der Waals surface area contributed by atoms with E-state index in [1.54, 1.807) is 0 Å². The Hall–Kier alpha value is -2.00. The average molecular weight is 370 g/mol. The van der Waals surface area contributed by atoms with E-state index in [2.05, 4.69) is 66.1 Å². The van der Waals surface area contributed by atoms with Gasteiger partial charge >= 0.3 is 0 Å². The number of amidine groups is 1. The summed E-state index contributed by atoms with van der Waals surface area (Å²) in [7, 11) is 0. The Balaban J connectivity index is 0.00000196. The van der Waals surface area contributed by atoms with Gasteiger partial charge in [-0.15, -0.1) is 12.4 Å². The molecule has 4 heteroatoms. The number of fused-ring (bicyclic) bond motifs is 1. The van der Waals surface area contributed by atoms with Crippen molar-refractivity contribution in [3.05, 3.63) is 59.7 Å². The molecule has 1 fully saturated rings. The lowest BCUT2D eigenvalue weighted by Gasteiger charge is -2.41. The molecule has 26 heavy (non-hydrogen) atoms. The third kappa shape index (κ3) is 3.73. The predicted molar refractivity (Wildman–Crippen MR) is 114 cm³/mol. The zero-order valence-electron chi connectivity index (χ0n) is 15.4. The van der Waals surface area contributed by atoms with Gasteiger partial charge in [-0.05, 0) is 43.0 Å². The highest BCUT2D eigenvalue weighted by Gasteiger charge is 2.39. The lowest BCUT2D eigenvalue weighted by Crippen LogP contribution is -2.52. The number of hydrogen-bond acceptors (Lipinski definition) is 2. The number of hydrogen-bond donors (Lipinski definition) is 2. The highest BCUT2D eigenvalue weighted by Crippen LogP contribution is 2.38. The molecule has 1 aliphatic carbocycles. The zero-order valence-corrected chi connectivity index (χ0v) is 16.2. The Kier molecular flexibility index (Phi) is 5.87. The molecule has 3 nitrogen and oxygen atoms in total. The van der Waals surface area contributed by atoms with Gasteiger partial charge in [0.1, 0.15) is 5.84 Å². The van der Waals surface area contributed by atoms with Gasteiger partial charge in [0.2, 0.25) is 0 Å². The van der Waals surface area contributed by atoms with E-state index in [4.69, 9.17) is 4.99 Å². The van der Waals surface area contributed by atoms with Gasteiger partial charge in [0, 0.05) is 0 Å². The summed E-state index contributed by atoms with van der Waals surface area (Å²) in [6.45, 7) is 2.90.